The van der Waals surface area contributed by atoms with Gasteiger partial charge in [0.25, 0.3) is 0 Å². The van der Waals surface area contributed by atoms with Crippen LogP contribution in [0.15, 0.2) is 23.2 Å². The molecule has 0 radical (unpaired) electrons. The molecule has 0 aliphatic carbocycles. The number of hydrogen-bond acceptors (Lipinski definition) is 5. The second kappa shape index (κ2) is 6.20. The fourth-order valence-corrected chi connectivity index (χ4v) is 3.70. The number of pyridine rings is 1. The Kier molecular flexibility index (Phi) is 5.04. The molecule has 0 aliphatic heterocycles. The topological polar surface area (TPSA) is 111 Å². The van der Waals surface area contributed by atoms with E-state index in [1.807, 2.05) is 0 Å². The van der Waals surface area contributed by atoms with Crippen LogP contribution in [0.5, 0.6) is 0 Å². The Morgan fingerprint density at radius 3 is 2.57 bits per heavy atom. The number of carboxylic acids is 1. The minimum Gasteiger partial charge on any atom is -0.481 e. The number of hydrogen-bond donors (Lipinski definition) is 1. The van der Waals surface area contributed by atoms with Crippen molar-refractivity contribution in [2.45, 2.75) is 37.6 Å². The van der Waals surface area contributed by atoms with Gasteiger partial charge in [-0.05, 0) is 32.9 Å². The summed E-state index contributed by atoms with van der Waals surface area (Å²) in [5.74, 6) is -1.09. The van der Waals surface area contributed by atoms with Gasteiger partial charge >= 0.3 is 5.97 Å². The predicted octanol–water partition coefficient (Wildman–Crippen LogP) is 1.22. The smallest absolute Gasteiger partial charge is 0.304 e. The van der Waals surface area contributed by atoms with Crippen LogP contribution in [0.2, 0.25) is 0 Å². The molecule has 21 heavy (non-hydrogen) atoms. The zero-order valence-corrected chi connectivity index (χ0v) is 12.9. The van der Waals surface area contributed by atoms with Crippen molar-refractivity contribution < 1.29 is 18.3 Å². The maximum Gasteiger partial charge on any atom is 0.304 e. The first-order valence-electron chi connectivity index (χ1n) is 6.20. The number of sulfonamides is 1. The summed E-state index contributed by atoms with van der Waals surface area (Å²) in [4.78, 5) is 14.3. The van der Waals surface area contributed by atoms with Crippen LogP contribution in [-0.2, 0) is 14.8 Å². The predicted molar refractivity (Wildman–Crippen MR) is 74.8 cm³/mol. The van der Waals surface area contributed by atoms with Crippen LogP contribution in [0.1, 0.15) is 32.9 Å². The largest absolute Gasteiger partial charge is 0.481 e. The highest BCUT2D eigenvalue weighted by Gasteiger charge is 2.35. The zero-order valence-electron chi connectivity index (χ0n) is 12.1. The molecule has 0 aromatic carbocycles. The number of carboxylic acid groups (broad SMARTS) is 1. The van der Waals surface area contributed by atoms with E-state index in [9.17, 15) is 13.2 Å². The van der Waals surface area contributed by atoms with Gasteiger partial charge in [0.2, 0.25) is 10.0 Å². The van der Waals surface area contributed by atoms with Gasteiger partial charge in [0.1, 0.15) is 11.0 Å². The molecule has 8 heteroatoms. The van der Waals surface area contributed by atoms with Crippen LogP contribution >= 0.6 is 0 Å². The van der Waals surface area contributed by atoms with Crippen molar-refractivity contribution in [3.63, 3.8) is 0 Å². The molecular weight excluding hydrogens is 294 g/mol. The van der Waals surface area contributed by atoms with Gasteiger partial charge in [-0.25, -0.2) is 13.4 Å². The summed E-state index contributed by atoms with van der Waals surface area (Å²) >= 11 is 0. The molecule has 0 fully saturated rings. The van der Waals surface area contributed by atoms with Crippen molar-refractivity contribution >= 4 is 16.0 Å². The Balaban J connectivity index is 3.35. The third-order valence-corrected chi connectivity index (χ3v) is 4.92. The molecule has 0 spiro atoms. The first kappa shape index (κ1) is 17.1. The van der Waals surface area contributed by atoms with E-state index in [2.05, 4.69) is 4.98 Å². The summed E-state index contributed by atoms with van der Waals surface area (Å²) in [6, 6.07) is 4.45. The van der Waals surface area contributed by atoms with E-state index in [0.717, 1.165) is 4.31 Å². The zero-order chi connectivity index (χ0) is 16.3. The van der Waals surface area contributed by atoms with E-state index >= 15 is 0 Å². The minimum atomic E-state index is -4.01. The molecule has 0 bridgehead atoms. The Labute approximate surface area is 123 Å². The van der Waals surface area contributed by atoms with Gasteiger partial charge in [0.15, 0.2) is 5.69 Å². The molecule has 1 heterocycles. The van der Waals surface area contributed by atoms with Crippen LogP contribution in [0.3, 0.4) is 0 Å². The molecule has 0 atom stereocenters. The number of aliphatic carboxylic acids is 1. The summed E-state index contributed by atoms with van der Waals surface area (Å²) in [5.41, 5.74) is -1.03. The van der Waals surface area contributed by atoms with Gasteiger partial charge in [0.05, 0.1) is 6.42 Å². The molecule has 0 saturated heterocycles. The first-order valence-corrected chi connectivity index (χ1v) is 7.64. The molecule has 1 aromatic rings. The molecular formula is C13H17N3O4S. The lowest BCUT2D eigenvalue weighted by Crippen LogP contribution is -2.46. The summed E-state index contributed by atoms with van der Waals surface area (Å²) in [5, 5.41) is 17.8. The lowest BCUT2D eigenvalue weighted by atomic mass is 10.1. The average Bonchev–Trinajstić information content (AvgIpc) is 2.36. The van der Waals surface area contributed by atoms with Gasteiger partial charge in [-0.3, -0.25) is 4.79 Å². The Bertz CT molecular complexity index is 671. The average molecular weight is 311 g/mol. The summed E-state index contributed by atoms with van der Waals surface area (Å²) in [6.07, 6.45) is 1.01. The van der Waals surface area contributed by atoms with E-state index in [1.165, 1.54) is 18.3 Å². The molecule has 0 saturated carbocycles. The van der Waals surface area contributed by atoms with E-state index in [1.54, 1.807) is 26.8 Å². The van der Waals surface area contributed by atoms with Crippen LogP contribution in [-0.4, -0.2) is 40.9 Å². The Morgan fingerprint density at radius 1 is 1.48 bits per heavy atom. The molecule has 0 aliphatic rings. The van der Waals surface area contributed by atoms with E-state index in [4.69, 9.17) is 10.4 Å². The molecule has 1 aromatic heterocycles. The molecule has 114 valence electrons. The van der Waals surface area contributed by atoms with Crippen molar-refractivity contribution in [1.82, 2.24) is 9.29 Å². The van der Waals surface area contributed by atoms with Crippen molar-refractivity contribution in [2.24, 2.45) is 0 Å². The standard InChI is InChI=1S/C13H17N3O4S/c1-13(2,3)16(8-6-12(17)18)21(19,20)11-5-4-7-15-10(11)9-14/h4-5,7H,6,8H2,1-3H3,(H,17,18). The van der Waals surface area contributed by atoms with Crippen molar-refractivity contribution in [3.8, 4) is 6.07 Å². The van der Waals surface area contributed by atoms with Gasteiger partial charge in [0, 0.05) is 18.3 Å². The third-order valence-electron chi connectivity index (χ3n) is 2.72. The Morgan fingerprint density at radius 2 is 2.10 bits per heavy atom. The SMILES string of the molecule is CC(C)(C)N(CCC(=O)O)S(=O)(=O)c1cccnc1C#N. The highest BCUT2D eigenvalue weighted by molar-refractivity contribution is 7.89. The van der Waals surface area contributed by atoms with Gasteiger partial charge in [-0.15, -0.1) is 0 Å². The highest BCUT2D eigenvalue weighted by atomic mass is 32.2. The van der Waals surface area contributed by atoms with Gasteiger partial charge in [-0.1, -0.05) is 0 Å². The lowest BCUT2D eigenvalue weighted by Gasteiger charge is -2.34. The number of nitriles is 1. The van der Waals surface area contributed by atoms with E-state index in [-0.39, 0.29) is 23.6 Å². The molecule has 0 unspecified atom stereocenters. The number of carbonyl (C=O) groups is 1. The van der Waals surface area contributed by atoms with E-state index in [0.29, 0.717) is 0 Å². The monoisotopic (exact) mass is 311 g/mol. The summed E-state index contributed by atoms with van der Waals surface area (Å²) in [6.45, 7) is 4.80. The van der Waals surface area contributed by atoms with E-state index < -0.39 is 21.5 Å². The second-order valence-corrected chi connectivity index (χ2v) is 7.18. The number of nitrogens with zero attached hydrogens (tertiary/aromatic N) is 3. The number of aromatic nitrogens is 1. The van der Waals surface area contributed by atoms with Gasteiger partial charge < -0.3 is 5.11 Å². The maximum absolute atomic E-state index is 12.7. The highest BCUT2D eigenvalue weighted by Crippen LogP contribution is 2.25. The maximum atomic E-state index is 12.7. The van der Waals surface area contributed by atoms with Crippen molar-refractivity contribution in [1.29, 1.82) is 5.26 Å². The van der Waals surface area contributed by atoms with Crippen LogP contribution in [0, 0.1) is 11.3 Å². The van der Waals surface area contributed by atoms with Crippen LogP contribution < -0.4 is 0 Å². The lowest BCUT2D eigenvalue weighted by molar-refractivity contribution is -0.137. The van der Waals surface area contributed by atoms with Crippen LogP contribution in [0.25, 0.3) is 0 Å². The van der Waals surface area contributed by atoms with Crippen molar-refractivity contribution in [3.05, 3.63) is 24.0 Å². The minimum absolute atomic E-state index is 0.180. The molecule has 7 nitrogen and oxygen atoms in total. The Hall–Kier alpha value is -1.98. The van der Waals surface area contributed by atoms with Crippen LogP contribution in [0.4, 0.5) is 0 Å². The normalized spacial score (nSPS) is 12.1. The molecule has 0 amide bonds. The second-order valence-electron chi connectivity index (χ2n) is 5.35. The molecule has 1 rings (SSSR count). The molecule has 1 N–H and O–H groups in total. The quantitative estimate of drug-likeness (QED) is 0.875. The van der Waals surface area contributed by atoms with Crippen molar-refractivity contribution in [2.75, 3.05) is 6.54 Å². The third kappa shape index (κ3) is 4.00. The summed E-state index contributed by atoms with van der Waals surface area (Å²) in [7, 11) is -4.01. The fraction of sp³-hybridized carbons (Fsp3) is 0.462. The number of rotatable bonds is 5. The van der Waals surface area contributed by atoms with Gasteiger partial charge in [-0.2, -0.15) is 9.57 Å². The fourth-order valence-electron chi connectivity index (χ4n) is 1.81. The summed E-state index contributed by atoms with van der Waals surface area (Å²) < 4.78 is 26.5. The first-order chi connectivity index (χ1) is 9.60.